The lowest BCUT2D eigenvalue weighted by Gasteiger charge is -2.24. The number of aliphatic hydroxyl groups is 1. The average Bonchev–Trinajstić information content (AvgIpc) is 2.66. The number of amides is 4. The van der Waals surface area contributed by atoms with Crippen LogP contribution in [0, 0.1) is 0 Å². The highest BCUT2D eigenvalue weighted by Gasteiger charge is 2.30. The second kappa shape index (κ2) is 14.0. The van der Waals surface area contributed by atoms with Crippen LogP contribution in [0.3, 0.4) is 0 Å². The molecule has 0 aliphatic rings. The quantitative estimate of drug-likeness (QED) is 0.122. The van der Waals surface area contributed by atoms with Crippen molar-refractivity contribution in [1.82, 2.24) is 16.0 Å². The standard InChI is InChI=1S/C15H27N5O7S2/c1-29-3-2-8(13(24)20-10(5-21)15(26)27)18-14(25)9(4-11(17)22)19-12(23)7(16)6-28/h7-10,21,28H,2-6,16H2,1H3,(H2,17,22)(H,18,25)(H,19,23)(H,20,24)(H,26,27). The Labute approximate surface area is 177 Å². The zero-order valence-electron chi connectivity index (χ0n) is 15.8. The van der Waals surface area contributed by atoms with Crippen molar-refractivity contribution >= 4 is 54.0 Å². The van der Waals surface area contributed by atoms with Gasteiger partial charge in [0.05, 0.1) is 19.1 Å². The SMILES string of the molecule is CSCCC(NC(=O)C(CC(N)=O)NC(=O)C(N)CS)C(=O)NC(CO)C(=O)O. The van der Waals surface area contributed by atoms with Crippen molar-refractivity contribution in [2.45, 2.75) is 37.0 Å². The van der Waals surface area contributed by atoms with E-state index in [2.05, 4.69) is 28.6 Å². The van der Waals surface area contributed by atoms with Gasteiger partial charge < -0.3 is 37.6 Å². The molecule has 0 rings (SSSR count). The molecule has 0 aromatic heterocycles. The van der Waals surface area contributed by atoms with Gasteiger partial charge in [-0.2, -0.15) is 24.4 Å². The number of primary amides is 1. The van der Waals surface area contributed by atoms with Gasteiger partial charge in [-0.1, -0.05) is 0 Å². The molecule has 4 amide bonds. The van der Waals surface area contributed by atoms with E-state index in [-0.39, 0.29) is 12.2 Å². The van der Waals surface area contributed by atoms with Crippen molar-refractivity contribution in [2.75, 3.05) is 24.4 Å². The molecule has 0 bridgehead atoms. The number of carboxylic acid groups (broad SMARTS) is 1. The second-order valence-corrected chi connectivity index (χ2v) is 7.30. The topological polar surface area (TPSA) is 214 Å². The molecule has 0 aromatic carbocycles. The smallest absolute Gasteiger partial charge is 0.328 e. The second-order valence-electron chi connectivity index (χ2n) is 5.95. The summed E-state index contributed by atoms with van der Waals surface area (Å²) >= 11 is 5.25. The maximum atomic E-state index is 12.5. The third-order valence-electron chi connectivity index (χ3n) is 3.61. The van der Waals surface area contributed by atoms with Crippen LogP contribution in [-0.2, 0) is 24.0 Å². The molecular weight excluding hydrogens is 426 g/mol. The Kier molecular flexibility index (Phi) is 13.0. The lowest BCUT2D eigenvalue weighted by atomic mass is 10.1. The number of nitrogens with two attached hydrogens (primary N) is 2. The van der Waals surface area contributed by atoms with Gasteiger partial charge in [-0.05, 0) is 18.4 Å². The monoisotopic (exact) mass is 453 g/mol. The molecule has 9 N–H and O–H groups in total. The zero-order valence-corrected chi connectivity index (χ0v) is 17.5. The normalized spacial score (nSPS) is 14.8. The van der Waals surface area contributed by atoms with Gasteiger partial charge in [-0.15, -0.1) is 0 Å². The summed E-state index contributed by atoms with van der Waals surface area (Å²) < 4.78 is 0. The molecular formula is C15H27N5O7S2. The number of thiol groups is 1. The van der Waals surface area contributed by atoms with E-state index in [9.17, 15) is 24.0 Å². The molecule has 0 spiro atoms. The minimum atomic E-state index is -1.55. The highest BCUT2D eigenvalue weighted by molar-refractivity contribution is 7.98. The third kappa shape index (κ3) is 10.3. The van der Waals surface area contributed by atoms with Crippen LogP contribution in [0.25, 0.3) is 0 Å². The highest BCUT2D eigenvalue weighted by Crippen LogP contribution is 2.04. The zero-order chi connectivity index (χ0) is 22.6. The number of rotatable bonds is 14. The van der Waals surface area contributed by atoms with Gasteiger partial charge in [0.15, 0.2) is 0 Å². The molecule has 29 heavy (non-hydrogen) atoms. The molecule has 0 heterocycles. The van der Waals surface area contributed by atoms with Gasteiger partial charge in [0.1, 0.15) is 18.1 Å². The van der Waals surface area contributed by atoms with Crippen molar-refractivity contribution in [3.63, 3.8) is 0 Å². The van der Waals surface area contributed by atoms with E-state index in [1.165, 1.54) is 11.8 Å². The fraction of sp³-hybridized carbons (Fsp3) is 0.667. The first-order valence-corrected chi connectivity index (χ1v) is 10.5. The summed E-state index contributed by atoms with van der Waals surface area (Å²) in [4.78, 5) is 59.1. The Morgan fingerprint density at radius 3 is 1.97 bits per heavy atom. The van der Waals surface area contributed by atoms with E-state index in [4.69, 9.17) is 21.7 Å². The van der Waals surface area contributed by atoms with Crippen LogP contribution in [0.1, 0.15) is 12.8 Å². The number of aliphatic hydroxyl groups excluding tert-OH is 1. The lowest BCUT2D eigenvalue weighted by molar-refractivity contribution is -0.143. The molecule has 0 aliphatic carbocycles. The van der Waals surface area contributed by atoms with E-state index in [1.807, 2.05) is 0 Å². The van der Waals surface area contributed by atoms with E-state index < -0.39 is 66.8 Å². The Morgan fingerprint density at radius 1 is 1.00 bits per heavy atom. The summed E-state index contributed by atoms with van der Waals surface area (Å²) in [5.41, 5.74) is 10.6. The van der Waals surface area contributed by atoms with E-state index in [0.29, 0.717) is 5.75 Å². The van der Waals surface area contributed by atoms with Gasteiger partial charge in [0, 0.05) is 5.75 Å². The van der Waals surface area contributed by atoms with Crippen LogP contribution in [0.2, 0.25) is 0 Å². The molecule has 0 fully saturated rings. The van der Waals surface area contributed by atoms with Gasteiger partial charge in [0.25, 0.3) is 0 Å². The molecule has 4 atom stereocenters. The molecule has 0 aromatic rings. The first-order chi connectivity index (χ1) is 13.6. The lowest BCUT2D eigenvalue weighted by Crippen LogP contribution is -2.58. The van der Waals surface area contributed by atoms with Crippen molar-refractivity contribution in [3.05, 3.63) is 0 Å². The highest BCUT2D eigenvalue weighted by atomic mass is 32.2. The molecule has 12 nitrogen and oxygen atoms in total. The van der Waals surface area contributed by atoms with Crippen LogP contribution in [0.4, 0.5) is 0 Å². The fourth-order valence-electron chi connectivity index (χ4n) is 2.01. The molecule has 0 aliphatic heterocycles. The van der Waals surface area contributed by atoms with Gasteiger partial charge in [-0.25, -0.2) is 4.79 Å². The molecule has 14 heteroatoms. The van der Waals surface area contributed by atoms with Crippen LogP contribution in [0.5, 0.6) is 0 Å². The van der Waals surface area contributed by atoms with Crippen LogP contribution >= 0.6 is 24.4 Å². The molecule has 0 saturated carbocycles. The number of carbonyl (C=O) groups is 5. The van der Waals surface area contributed by atoms with Crippen LogP contribution in [0.15, 0.2) is 0 Å². The molecule has 4 unspecified atom stereocenters. The predicted octanol–water partition coefficient (Wildman–Crippen LogP) is -3.60. The van der Waals surface area contributed by atoms with Gasteiger partial charge >= 0.3 is 5.97 Å². The molecule has 0 radical (unpaired) electrons. The van der Waals surface area contributed by atoms with Gasteiger partial charge in [-0.3, -0.25) is 19.2 Å². The number of hydrogen-bond donors (Lipinski definition) is 8. The predicted molar refractivity (Wildman–Crippen MR) is 109 cm³/mol. The van der Waals surface area contributed by atoms with Crippen molar-refractivity contribution < 1.29 is 34.2 Å². The summed E-state index contributed by atoms with van der Waals surface area (Å²) in [5, 5.41) is 24.7. The minimum Gasteiger partial charge on any atom is -0.480 e. The van der Waals surface area contributed by atoms with E-state index >= 15 is 0 Å². The van der Waals surface area contributed by atoms with Crippen molar-refractivity contribution in [1.29, 1.82) is 0 Å². The number of carbonyl (C=O) groups excluding carboxylic acids is 4. The summed E-state index contributed by atoms with van der Waals surface area (Å²) in [6.07, 6.45) is 1.35. The summed E-state index contributed by atoms with van der Waals surface area (Å²) in [7, 11) is 0. The Bertz CT molecular complexity index is 608. The fourth-order valence-corrected chi connectivity index (χ4v) is 2.64. The largest absolute Gasteiger partial charge is 0.480 e. The summed E-state index contributed by atoms with van der Waals surface area (Å²) in [5.74, 6) is -4.35. The number of carboxylic acids is 1. The third-order valence-corrected chi connectivity index (χ3v) is 4.65. The maximum Gasteiger partial charge on any atom is 0.328 e. The number of hydrogen-bond acceptors (Lipinski definition) is 9. The first-order valence-electron chi connectivity index (χ1n) is 8.45. The van der Waals surface area contributed by atoms with Crippen molar-refractivity contribution in [3.8, 4) is 0 Å². The number of aliphatic carboxylic acids is 1. The number of nitrogens with one attached hydrogen (secondary N) is 3. The molecule has 0 saturated heterocycles. The summed E-state index contributed by atoms with van der Waals surface area (Å²) in [6, 6.07) is -5.14. The van der Waals surface area contributed by atoms with E-state index in [1.54, 1.807) is 6.26 Å². The van der Waals surface area contributed by atoms with Crippen LogP contribution < -0.4 is 27.4 Å². The van der Waals surface area contributed by atoms with Crippen LogP contribution in [-0.4, -0.2) is 88.3 Å². The van der Waals surface area contributed by atoms with Crippen molar-refractivity contribution in [2.24, 2.45) is 11.5 Å². The minimum absolute atomic E-state index is 0.00671. The van der Waals surface area contributed by atoms with E-state index in [0.717, 1.165) is 0 Å². The molecule has 166 valence electrons. The van der Waals surface area contributed by atoms with Gasteiger partial charge in [0.2, 0.25) is 23.6 Å². The Morgan fingerprint density at radius 2 is 1.52 bits per heavy atom. The Hall–Kier alpha value is -2.03. The average molecular weight is 454 g/mol. The summed E-state index contributed by atoms with van der Waals surface area (Å²) in [6.45, 7) is -0.841. The number of thioether (sulfide) groups is 1. The first kappa shape index (κ1) is 27.0. The Balaban J connectivity index is 5.34. The maximum absolute atomic E-state index is 12.5.